The van der Waals surface area contributed by atoms with Crippen LogP contribution in [-0.2, 0) is 17.9 Å². The van der Waals surface area contributed by atoms with Gasteiger partial charge in [-0.2, -0.15) is 0 Å². The van der Waals surface area contributed by atoms with Gasteiger partial charge in [0.05, 0.1) is 0 Å². The van der Waals surface area contributed by atoms with Gasteiger partial charge in [0.1, 0.15) is 0 Å². The number of carboxylic acid groups (broad SMARTS) is 1. The molecule has 3 heteroatoms. The van der Waals surface area contributed by atoms with Crippen molar-refractivity contribution in [2.75, 3.05) is 0 Å². The van der Waals surface area contributed by atoms with Gasteiger partial charge in [-0.3, -0.25) is 9.69 Å². The Morgan fingerprint density at radius 3 is 1.67 bits per heavy atom. The largest absolute Gasteiger partial charge is 0.483 e. The first kappa shape index (κ1) is 18.2. The van der Waals surface area contributed by atoms with Crippen LogP contribution in [0.5, 0.6) is 0 Å². The van der Waals surface area contributed by atoms with Gasteiger partial charge in [-0.1, -0.05) is 79.9 Å². The molecule has 1 saturated carbocycles. The molecule has 0 bridgehead atoms. The summed E-state index contributed by atoms with van der Waals surface area (Å²) in [4.78, 5) is 11.0. The molecule has 0 amide bonds. The second-order valence-electron chi connectivity index (χ2n) is 6.27. The standard InChI is InChI=1S/C20H25N.CH2O2/c1-4-10-18(11-5-1)16-21(20-14-8-3-9-15-20)17-19-12-6-2-7-13-19;2-1-3/h1-2,4-7,10-13,20H,3,8-9,14-17H2;1H,(H,2,3). The van der Waals surface area contributed by atoms with Crippen molar-refractivity contribution in [1.82, 2.24) is 4.90 Å². The zero-order chi connectivity index (χ0) is 17.0. The summed E-state index contributed by atoms with van der Waals surface area (Å²) in [5, 5.41) is 6.89. The van der Waals surface area contributed by atoms with Gasteiger partial charge >= 0.3 is 0 Å². The minimum atomic E-state index is -0.250. The highest BCUT2D eigenvalue weighted by Gasteiger charge is 2.21. The van der Waals surface area contributed by atoms with E-state index >= 15 is 0 Å². The Balaban J connectivity index is 0.000000647. The van der Waals surface area contributed by atoms with Crippen molar-refractivity contribution in [3.63, 3.8) is 0 Å². The highest BCUT2D eigenvalue weighted by atomic mass is 16.3. The minimum Gasteiger partial charge on any atom is -0.483 e. The van der Waals surface area contributed by atoms with E-state index in [1.54, 1.807) is 0 Å². The third-order valence-electron chi connectivity index (χ3n) is 4.55. The molecule has 0 spiro atoms. The van der Waals surface area contributed by atoms with Gasteiger partial charge < -0.3 is 5.11 Å². The second kappa shape index (κ2) is 10.6. The van der Waals surface area contributed by atoms with Gasteiger partial charge in [0.25, 0.3) is 6.47 Å². The lowest BCUT2D eigenvalue weighted by atomic mass is 9.93. The van der Waals surface area contributed by atoms with E-state index in [-0.39, 0.29) is 6.47 Å². The maximum Gasteiger partial charge on any atom is 0.290 e. The molecule has 1 fully saturated rings. The van der Waals surface area contributed by atoms with Crippen LogP contribution in [0.1, 0.15) is 43.2 Å². The topological polar surface area (TPSA) is 40.5 Å². The van der Waals surface area contributed by atoms with Crippen LogP contribution in [0.3, 0.4) is 0 Å². The van der Waals surface area contributed by atoms with E-state index in [0.29, 0.717) is 0 Å². The van der Waals surface area contributed by atoms with Crippen molar-refractivity contribution in [3.05, 3.63) is 71.8 Å². The molecule has 128 valence electrons. The summed E-state index contributed by atoms with van der Waals surface area (Å²) in [5.74, 6) is 0. The fourth-order valence-electron chi connectivity index (χ4n) is 3.40. The van der Waals surface area contributed by atoms with E-state index in [1.807, 2.05) is 0 Å². The van der Waals surface area contributed by atoms with Crippen molar-refractivity contribution in [2.24, 2.45) is 0 Å². The average Bonchev–Trinajstić information content (AvgIpc) is 2.64. The summed E-state index contributed by atoms with van der Waals surface area (Å²) in [6.45, 7) is 1.89. The Morgan fingerprint density at radius 1 is 0.833 bits per heavy atom. The lowest BCUT2D eigenvalue weighted by molar-refractivity contribution is -0.122. The number of rotatable bonds is 5. The Hall–Kier alpha value is -2.13. The maximum absolute atomic E-state index is 8.36. The summed E-state index contributed by atoms with van der Waals surface area (Å²) in [7, 11) is 0. The Morgan fingerprint density at radius 2 is 1.25 bits per heavy atom. The summed E-state index contributed by atoms with van der Waals surface area (Å²) in [5.41, 5.74) is 2.86. The molecule has 0 atom stereocenters. The van der Waals surface area contributed by atoms with Crippen molar-refractivity contribution in [3.8, 4) is 0 Å². The first-order valence-electron chi connectivity index (χ1n) is 8.73. The molecule has 0 aromatic heterocycles. The van der Waals surface area contributed by atoms with Crippen molar-refractivity contribution < 1.29 is 9.90 Å². The second-order valence-corrected chi connectivity index (χ2v) is 6.27. The van der Waals surface area contributed by atoms with Gasteiger partial charge in [-0.25, -0.2) is 0 Å². The maximum atomic E-state index is 8.36. The molecule has 3 rings (SSSR count). The van der Waals surface area contributed by atoms with E-state index in [2.05, 4.69) is 65.6 Å². The summed E-state index contributed by atoms with van der Waals surface area (Å²) in [6, 6.07) is 22.6. The van der Waals surface area contributed by atoms with Gasteiger partial charge in [-0.15, -0.1) is 0 Å². The zero-order valence-corrected chi connectivity index (χ0v) is 14.2. The smallest absolute Gasteiger partial charge is 0.290 e. The van der Waals surface area contributed by atoms with E-state index in [4.69, 9.17) is 9.90 Å². The highest BCUT2D eigenvalue weighted by molar-refractivity contribution is 5.32. The van der Waals surface area contributed by atoms with E-state index in [9.17, 15) is 0 Å². The lowest BCUT2D eigenvalue weighted by Crippen LogP contribution is -2.35. The van der Waals surface area contributed by atoms with Crippen LogP contribution in [0.25, 0.3) is 0 Å². The van der Waals surface area contributed by atoms with Crippen LogP contribution < -0.4 is 0 Å². The van der Waals surface area contributed by atoms with Gasteiger partial charge in [-0.05, 0) is 24.0 Å². The molecule has 2 aromatic rings. The molecule has 0 radical (unpaired) electrons. The van der Waals surface area contributed by atoms with Crippen LogP contribution >= 0.6 is 0 Å². The summed E-state index contributed by atoms with van der Waals surface area (Å²) in [6.07, 6.45) is 6.93. The average molecular weight is 325 g/mol. The van der Waals surface area contributed by atoms with E-state index < -0.39 is 0 Å². The van der Waals surface area contributed by atoms with Crippen molar-refractivity contribution in [1.29, 1.82) is 0 Å². The molecule has 1 N–H and O–H groups in total. The molecular formula is C21H27NO2. The number of hydrogen-bond donors (Lipinski definition) is 1. The van der Waals surface area contributed by atoms with Crippen LogP contribution in [0.4, 0.5) is 0 Å². The van der Waals surface area contributed by atoms with Crippen molar-refractivity contribution in [2.45, 2.75) is 51.2 Å². The lowest BCUT2D eigenvalue weighted by Gasteiger charge is -2.34. The fraction of sp³-hybridized carbons (Fsp3) is 0.381. The first-order valence-corrected chi connectivity index (χ1v) is 8.73. The van der Waals surface area contributed by atoms with E-state index in [1.165, 1.54) is 43.2 Å². The third-order valence-corrected chi connectivity index (χ3v) is 4.55. The van der Waals surface area contributed by atoms with Crippen LogP contribution in [0, 0.1) is 0 Å². The molecule has 1 aliphatic carbocycles. The number of benzene rings is 2. The predicted octanol–water partition coefficient (Wildman–Crippen LogP) is 4.72. The van der Waals surface area contributed by atoms with Gasteiger partial charge in [0.15, 0.2) is 0 Å². The van der Waals surface area contributed by atoms with Crippen LogP contribution in [0.15, 0.2) is 60.7 Å². The highest BCUT2D eigenvalue weighted by Crippen LogP contribution is 2.25. The molecular weight excluding hydrogens is 298 g/mol. The SMILES string of the molecule is O=CO.c1ccc(CN(Cc2ccccc2)C2CCCCC2)cc1. The molecule has 2 aromatic carbocycles. The Bertz CT molecular complexity index is 523. The van der Waals surface area contributed by atoms with Crippen LogP contribution in [0.2, 0.25) is 0 Å². The zero-order valence-electron chi connectivity index (χ0n) is 14.2. The molecule has 1 aliphatic rings. The summed E-state index contributed by atoms with van der Waals surface area (Å²) >= 11 is 0. The van der Waals surface area contributed by atoms with Gasteiger partial charge in [0.2, 0.25) is 0 Å². The third kappa shape index (κ3) is 6.17. The molecule has 0 saturated heterocycles. The van der Waals surface area contributed by atoms with E-state index in [0.717, 1.165) is 19.1 Å². The molecule has 3 nitrogen and oxygen atoms in total. The Kier molecular flexibility index (Phi) is 8.05. The normalized spacial score (nSPS) is 14.7. The van der Waals surface area contributed by atoms with Crippen LogP contribution in [-0.4, -0.2) is 22.5 Å². The van der Waals surface area contributed by atoms with Gasteiger partial charge in [0, 0.05) is 19.1 Å². The first-order chi connectivity index (χ1) is 11.8. The number of carbonyl (C=O) groups is 1. The predicted molar refractivity (Wildman–Crippen MR) is 97.7 cm³/mol. The van der Waals surface area contributed by atoms with Crippen molar-refractivity contribution >= 4 is 6.47 Å². The number of nitrogens with zero attached hydrogens (tertiary/aromatic N) is 1. The minimum absolute atomic E-state index is 0.250. The quantitative estimate of drug-likeness (QED) is 0.809. The summed E-state index contributed by atoms with van der Waals surface area (Å²) < 4.78 is 0. The molecule has 0 aliphatic heterocycles. The monoisotopic (exact) mass is 325 g/mol. The number of hydrogen-bond acceptors (Lipinski definition) is 2. The molecule has 0 unspecified atom stereocenters. The Labute approximate surface area is 144 Å². The molecule has 0 heterocycles. The molecule has 24 heavy (non-hydrogen) atoms. The fourth-order valence-corrected chi connectivity index (χ4v) is 3.40.